The SMILES string of the molecule is CCOc1nc(C)c2nc(-c3cncc(F)c3)n(Cc3ccc(CN4C[C@@H]5CC4CN5)cc3)c2n1. The molecule has 2 aliphatic heterocycles. The number of imidazole rings is 1. The zero-order valence-electron chi connectivity index (χ0n) is 19.9. The van der Waals surface area contributed by atoms with Crippen LogP contribution in [0.5, 0.6) is 6.01 Å². The fourth-order valence-electron chi connectivity index (χ4n) is 5.22. The zero-order valence-corrected chi connectivity index (χ0v) is 19.9. The van der Waals surface area contributed by atoms with Crippen LogP contribution < -0.4 is 10.1 Å². The van der Waals surface area contributed by atoms with E-state index < -0.39 is 5.82 Å². The van der Waals surface area contributed by atoms with E-state index in [2.05, 4.69) is 49.4 Å². The third kappa shape index (κ3) is 4.26. The minimum absolute atomic E-state index is 0.312. The fourth-order valence-corrected chi connectivity index (χ4v) is 5.22. The minimum atomic E-state index is -0.408. The van der Waals surface area contributed by atoms with Crippen molar-refractivity contribution in [2.45, 2.75) is 45.4 Å². The first-order valence-electron chi connectivity index (χ1n) is 12.1. The molecule has 8 nitrogen and oxygen atoms in total. The van der Waals surface area contributed by atoms with Crippen molar-refractivity contribution in [3.05, 3.63) is 65.4 Å². The van der Waals surface area contributed by atoms with Crippen molar-refractivity contribution in [2.24, 2.45) is 0 Å². The lowest BCUT2D eigenvalue weighted by Crippen LogP contribution is -2.42. The summed E-state index contributed by atoms with van der Waals surface area (Å²) in [7, 11) is 0. The quantitative estimate of drug-likeness (QED) is 0.441. The maximum atomic E-state index is 14.0. The molecule has 2 atom stereocenters. The largest absolute Gasteiger partial charge is 0.464 e. The molecule has 5 heterocycles. The summed E-state index contributed by atoms with van der Waals surface area (Å²) in [6.07, 6.45) is 4.07. The van der Waals surface area contributed by atoms with Crippen LogP contribution >= 0.6 is 0 Å². The number of hydrogen-bond acceptors (Lipinski definition) is 7. The smallest absolute Gasteiger partial charge is 0.318 e. The molecule has 2 bridgehead atoms. The second-order valence-corrected chi connectivity index (χ2v) is 9.35. The molecule has 35 heavy (non-hydrogen) atoms. The van der Waals surface area contributed by atoms with Gasteiger partial charge in [-0.15, -0.1) is 0 Å². The van der Waals surface area contributed by atoms with Gasteiger partial charge in [0.05, 0.1) is 25.0 Å². The van der Waals surface area contributed by atoms with Gasteiger partial charge in [-0.05, 0) is 37.5 Å². The lowest BCUT2D eigenvalue weighted by Gasteiger charge is -2.27. The number of rotatable bonds is 7. The van der Waals surface area contributed by atoms with Crippen molar-refractivity contribution in [3.8, 4) is 17.4 Å². The molecular weight excluding hydrogens is 445 g/mol. The number of aromatic nitrogens is 5. The van der Waals surface area contributed by atoms with Crippen molar-refractivity contribution >= 4 is 11.2 Å². The molecular formula is C26H28FN7O. The summed E-state index contributed by atoms with van der Waals surface area (Å²) in [5, 5.41) is 3.56. The van der Waals surface area contributed by atoms with Crippen LogP contribution in [0.2, 0.25) is 0 Å². The number of likely N-dealkylation sites (tertiary alicyclic amines) is 1. The predicted octanol–water partition coefficient (Wildman–Crippen LogP) is 3.33. The summed E-state index contributed by atoms with van der Waals surface area (Å²) in [4.78, 5) is 20.5. The molecule has 1 N–H and O–H groups in total. The van der Waals surface area contributed by atoms with E-state index in [1.807, 2.05) is 18.4 Å². The van der Waals surface area contributed by atoms with E-state index in [1.165, 1.54) is 24.2 Å². The molecule has 9 heteroatoms. The first-order valence-corrected chi connectivity index (χ1v) is 12.1. The van der Waals surface area contributed by atoms with E-state index in [1.54, 1.807) is 6.20 Å². The van der Waals surface area contributed by atoms with Gasteiger partial charge in [0, 0.05) is 43.5 Å². The van der Waals surface area contributed by atoms with Gasteiger partial charge in [-0.2, -0.15) is 9.97 Å². The monoisotopic (exact) mass is 473 g/mol. The Morgan fingerprint density at radius 1 is 1.09 bits per heavy atom. The van der Waals surface area contributed by atoms with Crippen molar-refractivity contribution in [1.82, 2.24) is 34.7 Å². The molecule has 1 unspecified atom stereocenters. The first-order chi connectivity index (χ1) is 17.1. The van der Waals surface area contributed by atoms with Gasteiger partial charge in [0.15, 0.2) is 5.65 Å². The molecule has 180 valence electrons. The molecule has 1 aromatic carbocycles. The number of pyridine rings is 1. The van der Waals surface area contributed by atoms with Crippen LogP contribution in [-0.4, -0.2) is 61.2 Å². The highest BCUT2D eigenvalue weighted by molar-refractivity contribution is 5.79. The second-order valence-electron chi connectivity index (χ2n) is 9.35. The number of aryl methyl sites for hydroxylation is 1. The maximum Gasteiger partial charge on any atom is 0.318 e. The molecule has 2 saturated heterocycles. The number of nitrogens with zero attached hydrogens (tertiary/aromatic N) is 6. The van der Waals surface area contributed by atoms with Crippen molar-refractivity contribution in [3.63, 3.8) is 0 Å². The summed E-state index contributed by atoms with van der Waals surface area (Å²) >= 11 is 0. The average Bonchev–Trinajstić information content (AvgIpc) is 3.56. The van der Waals surface area contributed by atoms with Gasteiger partial charge in [0.2, 0.25) is 0 Å². The van der Waals surface area contributed by atoms with Crippen LogP contribution in [0.3, 0.4) is 0 Å². The van der Waals surface area contributed by atoms with Gasteiger partial charge in [-0.3, -0.25) is 9.88 Å². The zero-order chi connectivity index (χ0) is 23.9. The van der Waals surface area contributed by atoms with Crippen LogP contribution in [0.25, 0.3) is 22.6 Å². The molecule has 2 aliphatic rings. The van der Waals surface area contributed by atoms with Gasteiger partial charge in [0.1, 0.15) is 17.2 Å². The van der Waals surface area contributed by atoms with Crippen molar-refractivity contribution in [2.75, 3.05) is 19.7 Å². The summed E-state index contributed by atoms with van der Waals surface area (Å²) in [5.41, 5.74) is 5.05. The molecule has 0 aliphatic carbocycles. The molecule has 2 fully saturated rings. The third-order valence-electron chi connectivity index (χ3n) is 6.90. The second kappa shape index (κ2) is 8.98. The van der Waals surface area contributed by atoms with Gasteiger partial charge < -0.3 is 14.6 Å². The Morgan fingerprint density at radius 3 is 2.57 bits per heavy atom. The Morgan fingerprint density at radius 2 is 1.89 bits per heavy atom. The van der Waals surface area contributed by atoms with E-state index >= 15 is 0 Å². The molecule has 0 radical (unpaired) electrons. The number of ether oxygens (including phenoxy) is 1. The highest BCUT2D eigenvalue weighted by atomic mass is 19.1. The van der Waals surface area contributed by atoms with Gasteiger partial charge in [0.25, 0.3) is 0 Å². The summed E-state index contributed by atoms with van der Waals surface area (Å²) in [6.45, 7) is 7.97. The van der Waals surface area contributed by atoms with Gasteiger partial charge in [-0.1, -0.05) is 24.3 Å². The van der Waals surface area contributed by atoms with E-state index in [9.17, 15) is 4.39 Å². The highest BCUT2D eigenvalue weighted by Gasteiger charge is 2.37. The number of fused-ring (bicyclic) bond motifs is 3. The minimum Gasteiger partial charge on any atom is -0.464 e. The Bertz CT molecular complexity index is 1370. The lowest BCUT2D eigenvalue weighted by molar-refractivity contribution is 0.218. The Labute approximate surface area is 203 Å². The normalized spacial score (nSPS) is 19.6. The summed E-state index contributed by atoms with van der Waals surface area (Å²) in [5.74, 6) is 0.191. The number of hydrogen-bond donors (Lipinski definition) is 1. The van der Waals surface area contributed by atoms with Crippen molar-refractivity contribution < 1.29 is 9.13 Å². The summed E-state index contributed by atoms with van der Waals surface area (Å²) < 4.78 is 21.6. The van der Waals surface area contributed by atoms with Crippen LogP contribution in [0.1, 0.15) is 30.2 Å². The van der Waals surface area contributed by atoms with E-state index in [0.717, 1.165) is 25.2 Å². The standard InChI is InChI=1S/C26H28FN7O/c1-3-35-26-30-16(2)23-25(32-26)34(24(31-23)19-8-20(27)11-28-10-19)14-18-6-4-17(5-7-18)13-33-15-21-9-22(33)12-29-21/h4-8,10-11,21-22,29H,3,9,12-15H2,1-2H3/t21-,22?/m0/s1. The molecule has 4 aromatic rings. The predicted molar refractivity (Wildman–Crippen MR) is 131 cm³/mol. The number of benzene rings is 1. The number of nitrogens with one attached hydrogen (secondary N) is 1. The molecule has 3 aromatic heterocycles. The van der Waals surface area contributed by atoms with Crippen LogP contribution in [0.4, 0.5) is 4.39 Å². The Hall–Kier alpha value is -3.43. The lowest BCUT2D eigenvalue weighted by atomic mass is 10.1. The number of piperazine rings is 1. The van der Waals surface area contributed by atoms with Gasteiger partial charge >= 0.3 is 6.01 Å². The topological polar surface area (TPSA) is 81.0 Å². The summed E-state index contributed by atoms with van der Waals surface area (Å²) in [6, 6.07) is 11.8. The highest BCUT2D eigenvalue weighted by Crippen LogP contribution is 2.28. The van der Waals surface area contributed by atoms with Crippen LogP contribution in [-0.2, 0) is 13.1 Å². The third-order valence-corrected chi connectivity index (χ3v) is 6.90. The van der Waals surface area contributed by atoms with Crippen LogP contribution in [0.15, 0.2) is 42.7 Å². The molecule has 0 saturated carbocycles. The van der Waals surface area contributed by atoms with E-state index in [4.69, 9.17) is 9.72 Å². The van der Waals surface area contributed by atoms with Crippen molar-refractivity contribution in [1.29, 1.82) is 0 Å². The molecule has 0 amide bonds. The van der Waals surface area contributed by atoms with Gasteiger partial charge in [-0.25, -0.2) is 9.37 Å². The Kier molecular flexibility index (Phi) is 5.66. The van der Waals surface area contributed by atoms with Crippen LogP contribution in [0, 0.1) is 12.7 Å². The average molecular weight is 474 g/mol. The maximum absolute atomic E-state index is 14.0. The molecule has 0 spiro atoms. The fraction of sp³-hybridized carbons (Fsp3) is 0.385. The van der Waals surface area contributed by atoms with E-state index in [0.29, 0.717) is 59.5 Å². The first kappa shape index (κ1) is 22.1. The molecule has 6 rings (SSSR count). The Balaban J connectivity index is 1.34. The van der Waals surface area contributed by atoms with E-state index in [-0.39, 0.29) is 0 Å². The number of halogens is 1.